The summed E-state index contributed by atoms with van der Waals surface area (Å²) >= 11 is 0. The summed E-state index contributed by atoms with van der Waals surface area (Å²) in [5.41, 5.74) is 0.624. The lowest BCUT2D eigenvalue weighted by molar-refractivity contribution is -0.131. The third kappa shape index (κ3) is 5.57. The number of hydrogen-bond acceptors (Lipinski definition) is 6. The van der Waals surface area contributed by atoms with Crippen molar-refractivity contribution in [3.8, 4) is 11.5 Å². The molecule has 29 heavy (non-hydrogen) atoms. The van der Waals surface area contributed by atoms with Gasteiger partial charge in [-0.1, -0.05) is 18.2 Å². The first-order valence-corrected chi connectivity index (χ1v) is 9.29. The highest BCUT2D eigenvalue weighted by Gasteiger charge is 2.21. The highest BCUT2D eigenvalue weighted by molar-refractivity contribution is 6.14. The van der Waals surface area contributed by atoms with Crippen molar-refractivity contribution in [1.82, 2.24) is 4.90 Å². The van der Waals surface area contributed by atoms with Crippen LogP contribution in [0.2, 0.25) is 0 Å². The van der Waals surface area contributed by atoms with Crippen molar-refractivity contribution in [3.05, 3.63) is 59.2 Å². The van der Waals surface area contributed by atoms with E-state index in [2.05, 4.69) is 0 Å². The molecule has 0 aliphatic carbocycles. The Morgan fingerprint density at radius 3 is 2.10 bits per heavy atom. The number of nitrogens with zero attached hydrogens (tertiary/aromatic N) is 1. The maximum atomic E-state index is 13.1. The van der Waals surface area contributed by atoms with Crippen LogP contribution in [0.25, 0.3) is 0 Å². The Morgan fingerprint density at radius 2 is 1.48 bits per heavy atom. The van der Waals surface area contributed by atoms with Gasteiger partial charge in [-0.2, -0.15) is 0 Å². The predicted octanol–water partition coefficient (Wildman–Crippen LogP) is 2.96. The molecule has 0 fully saturated rings. The van der Waals surface area contributed by atoms with Gasteiger partial charge in [0.05, 0.1) is 18.8 Å². The third-order valence-corrected chi connectivity index (χ3v) is 4.02. The van der Waals surface area contributed by atoms with Gasteiger partial charge >= 0.3 is 5.97 Å². The molecular weight excluding hydrogens is 374 g/mol. The average Bonchev–Trinajstić information content (AvgIpc) is 2.72. The second-order valence-corrected chi connectivity index (χ2v) is 6.27. The van der Waals surface area contributed by atoms with Crippen LogP contribution in [0.4, 0.5) is 0 Å². The molecule has 0 aliphatic heterocycles. The monoisotopic (exact) mass is 399 g/mol. The van der Waals surface area contributed by atoms with Gasteiger partial charge in [0.15, 0.2) is 23.9 Å². The van der Waals surface area contributed by atoms with Crippen LogP contribution >= 0.6 is 0 Å². The van der Waals surface area contributed by atoms with Gasteiger partial charge in [-0.05, 0) is 38.1 Å². The Balaban J connectivity index is 2.31. The number of esters is 1. The fraction of sp³-hybridized carbons (Fsp3) is 0.318. The smallest absolute Gasteiger partial charge is 0.339 e. The molecule has 0 heterocycles. The molecule has 1 amide bonds. The highest BCUT2D eigenvalue weighted by Crippen LogP contribution is 2.30. The first-order chi connectivity index (χ1) is 13.9. The van der Waals surface area contributed by atoms with Crippen molar-refractivity contribution in [3.63, 3.8) is 0 Å². The SMILES string of the molecule is CCOc1ccc(C(=O)c2ccccc2C(=O)OCC(=O)N(C)C)cc1OCC. The number of rotatable bonds is 9. The van der Waals surface area contributed by atoms with Crippen LogP contribution in [0.3, 0.4) is 0 Å². The van der Waals surface area contributed by atoms with Crippen molar-refractivity contribution < 1.29 is 28.6 Å². The Morgan fingerprint density at radius 1 is 0.862 bits per heavy atom. The van der Waals surface area contributed by atoms with Gasteiger partial charge < -0.3 is 19.1 Å². The summed E-state index contributed by atoms with van der Waals surface area (Å²) in [5, 5.41) is 0. The zero-order valence-corrected chi connectivity index (χ0v) is 17.1. The quantitative estimate of drug-likeness (QED) is 0.476. The summed E-state index contributed by atoms with van der Waals surface area (Å²) in [4.78, 5) is 38.5. The van der Waals surface area contributed by atoms with Gasteiger partial charge in [0.25, 0.3) is 5.91 Å². The summed E-state index contributed by atoms with van der Waals surface area (Å²) in [6.45, 7) is 4.18. The Hall–Kier alpha value is -3.35. The minimum atomic E-state index is -0.736. The van der Waals surface area contributed by atoms with Gasteiger partial charge in [0, 0.05) is 25.2 Å². The molecule has 0 N–H and O–H groups in total. The highest BCUT2D eigenvalue weighted by atomic mass is 16.5. The molecule has 0 unspecified atom stereocenters. The molecule has 2 aromatic carbocycles. The largest absolute Gasteiger partial charge is 0.490 e. The predicted molar refractivity (Wildman–Crippen MR) is 108 cm³/mol. The number of carbonyl (C=O) groups excluding carboxylic acids is 3. The van der Waals surface area contributed by atoms with Crippen molar-refractivity contribution in [2.75, 3.05) is 33.9 Å². The molecule has 2 aromatic rings. The number of ether oxygens (including phenoxy) is 3. The molecule has 7 heteroatoms. The maximum Gasteiger partial charge on any atom is 0.339 e. The van der Waals surface area contributed by atoms with Gasteiger partial charge in [-0.15, -0.1) is 0 Å². The first-order valence-electron chi connectivity index (χ1n) is 9.29. The first kappa shape index (κ1) is 21.9. The lowest BCUT2D eigenvalue weighted by Crippen LogP contribution is -2.28. The molecule has 0 radical (unpaired) electrons. The number of benzene rings is 2. The van der Waals surface area contributed by atoms with E-state index in [1.165, 1.54) is 11.0 Å². The molecule has 0 aliphatic rings. The number of hydrogen-bond donors (Lipinski definition) is 0. The standard InChI is InChI=1S/C22H25NO6/c1-5-27-18-12-11-15(13-19(18)28-6-2)21(25)16-9-7-8-10-17(16)22(26)29-14-20(24)23(3)4/h7-13H,5-6,14H2,1-4H3. The van der Waals surface area contributed by atoms with Crippen LogP contribution in [-0.4, -0.2) is 56.5 Å². The topological polar surface area (TPSA) is 82.1 Å². The zero-order chi connectivity index (χ0) is 21.4. The minimum absolute atomic E-state index is 0.0934. The molecular formula is C22H25NO6. The van der Waals surface area contributed by atoms with E-state index in [1.807, 2.05) is 13.8 Å². The molecule has 154 valence electrons. The molecule has 7 nitrogen and oxygen atoms in total. The molecule has 0 bridgehead atoms. The summed E-state index contributed by atoms with van der Waals surface area (Å²) in [6, 6.07) is 11.2. The minimum Gasteiger partial charge on any atom is -0.490 e. The Bertz CT molecular complexity index is 891. The van der Waals surface area contributed by atoms with Crippen molar-refractivity contribution in [1.29, 1.82) is 0 Å². The fourth-order valence-electron chi connectivity index (χ4n) is 2.54. The molecule has 0 saturated heterocycles. The molecule has 0 spiro atoms. The van der Waals surface area contributed by atoms with Crippen molar-refractivity contribution in [2.45, 2.75) is 13.8 Å². The molecule has 2 rings (SSSR count). The van der Waals surface area contributed by atoms with E-state index in [1.54, 1.807) is 50.5 Å². The average molecular weight is 399 g/mol. The summed E-state index contributed by atoms with van der Waals surface area (Å²) in [6.07, 6.45) is 0. The van der Waals surface area contributed by atoms with Crippen molar-refractivity contribution >= 4 is 17.7 Å². The van der Waals surface area contributed by atoms with Gasteiger partial charge in [0.1, 0.15) is 0 Å². The van der Waals surface area contributed by atoms with Crippen LogP contribution in [0.1, 0.15) is 40.1 Å². The second-order valence-electron chi connectivity index (χ2n) is 6.27. The van der Waals surface area contributed by atoms with E-state index < -0.39 is 12.6 Å². The van der Waals surface area contributed by atoms with E-state index in [9.17, 15) is 14.4 Å². The van der Waals surface area contributed by atoms with Crippen LogP contribution in [0.5, 0.6) is 11.5 Å². The summed E-state index contributed by atoms with van der Waals surface area (Å²) in [5.74, 6) is -0.451. The maximum absolute atomic E-state index is 13.1. The van der Waals surface area contributed by atoms with Gasteiger partial charge in [-0.25, -0.2) is 4.79 Å². The van der Waals surface area contributed by atoms with Crippen LogP contribution in [0, 0.1) is 0 Å². The van der Waals surface area contributed by atoms with E-state index in [0.29, 0.717) is 30.3 Å². The van der Waals surface area contributed by atoms with Crippen LogP contribution < -0.4 is 9.47 Å². The normalized spacial score (nSPS) is 10.2. The van der Waals surface area contributed by atoms with Gasteiger partial charge in [-0.3, -0.25) is 9.59 Å². The number of carbonyl (C=O) groups is 3. The van der Waals surface area contributed by atoms with E-state index in [4.69, 9.17) is 14.2 Å². The second kappa shape index (κ2) is 10.3. The summed E-state index contributed by atoms with van der Waals surface area (Å²) < 4.78 is 16.2. The third-order valence-electron chi connectivity index (χ3n) is 4.02. The Labute approximate surface area is 170 Å². The molecule has 0 saturated carbocycles. The van der Waals surface area contributed by atoms with Crippen molar-refractivity contribution in [2.24, 2.45) is 0 Å². The molecule has 0 atom stereocenters. The Kier molecular flexibility index (Phi) is 7.77. The number of amides is 1. The van der Waals surface area contributed by atoms with Crippen LogP contribution in [0.15, 0.2) is 42.5 Å². The zero-order valence-electron chi connectivity index (χ0n) is 17.1. The lowest BCUT2D eigenvalue weighted by Gasteiger charge is -2.13. The number of likely N-dealkylation sites (N-methyl/N-ethyl adjacent to an activating group) is 1. The summed E-state index contributed by atoms with van der Waals surface area (Å²) in [7, 11) is 3.13. The van der Waals surface area contributed by atoms with E-state index in [-0.39, 0.29) is 22.8 Å². The van der Waals surface area contributed by atoms with Gasteiger partial charge in [0.2, 0.25) is 0 Å². The van der Waals surface area contributed by atoms with E-state index in [0.717, 1.165) is 0 Å². The van der Waals surface area contributed by atoms with Crippen LogP contribution in [-0.2, 0) is 9.53 Å². The fourth-order valence-corrected chi connectivity index (χ4v) is 2.54. The van der Waals surface area contributed by atoms with E-state index >= 15 is 0 Å². The number of ketones is 1. The lowest BCUT2D eigenvalue weighted by atomic mass is 9.98. The molecule has 0 aromatic heterocycles.